The Labute approximate surface area is 213 Å². The quantitative estimate of drug-likeness (QED) is 0.305. The van der Waals surface area contributed by atoms with E-state index in [1.807, 2.05) is 0 Å². The van der Waals surface area contributed by atoms with E-state index >= 15 is 0 Å². The molecule has 1 aromatic rings. The molecule has 10 heteroatoms. The molecule has 4 atom stereocenters. The van der Waals surface area contributed by atoms with Crippen molar-refractivity contribution >= 4 is 31.7 Å². The van der Waals surface area contributed by atoms with Gasteiger partial charge < -0.3 is 18.6 Å². The first-order valence-electron chi connectivity index (χ1n) is 11.8. The van der Waals surface area contributed by atoms with Gasteiger partial charge in [-0.25, -0.2) is 14.2 Å². The SMILES string of the molecule is CC(C)(C)OC(=O)Nc1cc(F)c(Cl)nc1C#CCC1CO[C@H]2[C@@H]1OC[C@H]2O[Si](C)(C)C(C)(C)C. The van der Waals surface area contributed by atoms with Crippen LogP contribution in [0, 0.1) is 23.6 Å². The largest absolute Gasteiger partial charge is 0.444 e. The van der Waals surface area contributed by atoms with Gasteiger partial charge in [-0.3, -0.25) is 5.32 Å². The molecule has 35 heavy (non-hydrogen) atoms. The molecule has 2 aliphatic heterocycles. The van der Waals surface area contributed by atoms with Gasteiger partial charge in [-0.1, -0.05) is 38.3 Å². The minimum Gasteiger partial charge on any atom is -0.444 e. The molecule has 3 heterocycles. The van der Waals surface area contributed by atoms with E-state index in [9.17, 15) is 9.18 Å². The summed E-state index contributed by atoms with van der Waals surface area (Å²) >= 11 is 5.86. The number of pyridine rings is 1. The van der Waals surface area contributed by atoms with Crippen LogP contribution in [0.1, 0.15) is 53.7 Å². The molecule has 3 rings (SSSR count). The molecule has 0 aromatic carbocycles. The number of nitrogens with one attached hydrogen (secondary N) is 1. The fourth-order valence-electron chi connectivity index (χ4n) is 3.71. The van der Waals surface area contributed by atoms with Crippen LogP contribution in [0.15, 0.2) is 6.07 Å². The Morgan fingerprint density at radius 3 is 2.51 bits per heavy atom. The van der Waals surface area contributed by atoms with Gasteiger partial charge >= 0.3 is 6.09 Å². The second-order valence-corrected chi connectivity index (χ2v) is 16.7. The number of rotatable bonds is 4. The molecular formula is C25H36ClFN2O5Si. The summed E-state index contributed by atoms with van der Waals surface area (Å²) in [6, 6.07) is 1.08. The molecule has 1 unspecified atom stereocenters. The van der Waals surface area contributed by atoms with Crippen LogP contribution in [0.3, 0.4) is 0 Å². The Balaban J connectivity index is 1.67. The molecule has 1 amide bonds. The van der Waals surface area contributed by atoms with E-state index in [1.165, 1.54) is 0 Å². The van der Waals surface area contributed by atoms with E-state index < -0.39 is 25.8 Å². The van der Waals surface area contributed by atoms with Crippen molar-refractivity contribution in [2.45, 2.75) is 90.0 Å². The number of hydrogen-bond donors (Lipinski definition) is 1. The van der Waals surface area contributed by atoms with E-state index in [2.05, 4.69) is 56.0 Å². The normalized spacial score (nSPS) is 24.5. The molecule has 1 aromatic heterocycles. The van der Waals surface area contributed by atoms with Crippen molar-refractivity contribution in [3.63, 3.8) is 0 Å². The maximum absolute atomic E-state index is 14.0. The zero-order valence-electron chi connectivity index (χ0n) is 21.8. The molecule has 7 nitrogen and oxygen atoms in total. The van der Waals surface area contributed by atoms with E-state index in [4.69, 9.17) is 30.2 Å². The summed E-state index contributed by atoms with van der Waals surface area (Å²) in [6.45, 7) is 17.3. The van der Waals surface area contributed by atoms with Gasteiger partial charge in [0.1, 0.15) is 17.4 Å². The molecular weight excluding hydrogens is 491 g/mol. The fraction of sp³-hybridized carbons (Fsp3) is 0.680. The van der Waals surface area contributed by atoms with Crippen molar-refractivity contribution in [1.29, 1.82) is 0 Å². The second kappa shape index (κ2) is 10.3. The molecule has 0 saturated carbocycles. The average molecular weight is 527 g/mol. The minimum atomic E-state index is -1.95. The number of fused-ring (bicyclic) bond motifs is 1. The summed E-state index contributed by atoms with van der Waals surface area (Å²) in [5.41, 5.74) is -0.459. The van der Waals surface area contributed by atoms with Crippen LogP contribution in [0.2, 0.25) is 23.3 Å². The van der Waals surface area contributed by atoms with Crippen molar-refractivity contribution in [2.24, 2.45) is 5.92 Å². The fourth-order valence-corrected chi connectivity index (χ4v) is 5.16. The second-order valence-electron chi connectivity index (χ2n) is 11.6. The highest BCUT2D eigenvalue weighted by atomic mass is 35.5. The topological polar surface area (TPSA) is 78.9 Å². The number of halogens is 2. The maximum Gasteiger partial charge on any atom is 0.412 e. The number of carbonyl (C=O) groups is 1. The first kappa shape index (κ1) is 27.9. The minimum absolute atomic E-state index is 0.0682. The number of aromatic nitrogens is 1. The van der Waals surface area contributed by atoms with Crippen LogP contribution in [0.4, 0.5) is 14.9 Å². The third kappa shape index (κ3) is 6.95. The van der Waals surface area contributed by atoms with Crippen LogP contribution in [0.5, 0.6) is 0 Å². The zero-order chi connectivity index (χ0) is 26.2. The van der Waals surface area contributed by atoms with Crippen LogP contribution >= 0.6 is 11.6 Å². The number of hydrogen-bond acceptors (Lipinski definition) is 6. The smallest absolute Gasteiger partial charge is 0.412 e. The lowest BCUT2D eigenvalue weighted by atomic mass is 9.98. The highest BCUT2D eigenvalue weighted by Crippen LogP contribution is 2.41. The molecule has 2 fully saturated rings. The maximum atomic E-state index is 14.0. The van der Waals surface area contributed by atoms with E-state index in [1.54, 1.807) is 20.8 Å². The Morgan fingerprint density at radius 2 is 1.89 bits per heavy atom. The Hall–Kier alpha value is -1.70. The van der Waals surface area contributed by atoms with Crippen molar-refractivity contribution in [3.05, 3.63) is 22.7 Å². The highest BCUT2D eigenvalue weighted by Gasteiger charge is 2.51. The number of nitrogens with zero attached hydrogens (tertiary/aromatic N) is 1. The first-order chi connectivity index (χ1) is 16.1. The average Bonchev–Trinajstić information content (AvgIpc) is 3.26. The summed E-state index contributed by atoms with van der Waals surface area (Å²) in [5, 5.41) is 2.28. The van der Waals surface area contributed by atoms with Crippen molar-refractivity contribution in [3.8, 4) is 11.8 Å². The molecule has 0 aliphatic carbocycles. The van der Waals surface area contributed by atoms with Gasteiger partial charge in [-0.2, -0.15) is 0 Å². The summed E-state index contributed by atoms with van der Waals surface area (Å²) < 4.78 is 37.9. The predicted molar refractivity (Wildman–Crippen MR) is 136 cm³/mol. The van der Waals surface area contributed by atoms with Gasteiger partial charge in [0.15, 0.2) is 19.3 Å². The third-order valence-electron chi connectivity index (χ3n) is 6.50. The highest BCUT2D eigenvalue weighted by molar-refractivity contribution is 6.74. The summed E-state index contributed by atoms with van der Waals surface area (Å²) in [6.07, 6.45) is -0.539. The van der Waals surface area contributed by atoms with Gasteiger partial charge in [0.2, 0.25) is 0 Å². The lowest BCUT2D eigenvalue weighted by Gasteiger charge is -2.39. The Kier molecular flexibility index (Phi) is 8.24. The van der Waals surface area contributed by atoms with E-state index in [0.717, 1.165) is 6.07 Å². The van der Waals surface area contributed by atoms with Gasteiger partial charge in [-0.05, 0) is 44.8 Å². The number of carbonyl (C=O) groups excluding carboxylic acids is 1. The molecule has 2 saturated heterocycles. The third-order valence-corrected chi connectivity index (χ3v) is 11.3. The zero-order valence-corrected chi connectivity index (χ0v) is 23.5. The number of ether oxygens (including phenoxy) is 3. The van der Waals surface area contributed by atoms with Crippen LogP contribution in [-0.4, -0.2) is 56.5 Å². The molecule has 0 bridgehead atoms. The molecule has 0 spiro atoms. The number of amides is 1. The van der Waals surface area contributed by atoms with Crippen LogP contribution in [-0.2, 0) is 18.6 Å². The lowest BCUT2D eigenvalue weighted by molar-refractivity contribution is 0.0231. The molecule has 0 radical (unpaired) electrons. The number of anilines is 1. The Morgan fingerprint density at radius 1 is 1.23 bits per heavy atom. The standard InChI is InChI=1S/C25H36ClFN2O5Si/c1-24(2,3)33-23(30)29-18-12-16(27)22(26)28-17(18)11-9-10-15-13-31-21-19(14-32-20(15)21)34-35(7,8)25(4,5)6/h12,15,19-21H,10,13-14H2,1-8H3,(H,29,30)/t15?,19-,20-,21-/m1/s1. The predicted octanol–water partition coefficient (Wildman–Crippen LogP) is 5.77. The molecule has 2 aliphatic rings. The monoisotopic (exact) mass is 526 g/mol. The van der Waals surface area contributed by atoms with Gasteiger partial charge in [0, 0.05) is 18.4 Å². The summed E-state index contributed by atoms with van der Waals surface area (Å²) in [7, 11) is -1.95. The first-order valence-corrected chi connectivity index (χ1v) is 15.1. The van der Waals surface area contributed by atoms with E-state index in [-0.39, 0.29) is 45.8 Å². The van der Waals surface area contributed by atoms with Gasteiger partial charge in [0.25, 0.3) is 0 Å². The van der Waals surface area contributed by atoms with Crippen LogP contribution < -0.4 is 5.32 Å². The van der Waals surface area contributed by atoms with Crippen molar-refractivity contribution in [1.82, 2.24) is 4.98 Å². The van der Waals surface area contributed by atoms with Crippen molar-refractivity contribution in [2.75, 3.05) is 18.5 Å². The lowest BCUT2D eigenvalue weighted by Crippen LogP contribution is -2.47. The van der Waals surface area contributed by atoms with Gasteiger partial charge in [0.05, 0.1) is 31.1 Å². The molecule has 194 valence electrons. The van der Waals surface area contributed by atoms with Crippen molar-refractivity contribution < 1.29 is 27.8 Å². The van der Waals surface area contributed by atoms with Crippen LogP contribution in [0.25, 0.3) is 0 Å². The molecule has 1 N–H and O–H groups in total. The summed E-state index contributed by atoms with van der Waals surface area (Å²) in [4.78, 5) is 16.2. The van der Waals surface area contributed by atoms with E-state index in [0.29, 0.717) is 19.6 Å². The Bertz CT molecular complexity index is 1010. The van der Waals surface area contributed by atoms with Gasteiger partial charge in [-0.15, -0.1) is 0 Å². The summed E-state index contributed by atoms with van der Waals surface area (Å²) in [5.74, 6) is 5.29.